The molecule has 1 aliphatic carbocycles. The minimum absolute atomic E-state index is 0.0425. The van der Waals surface area contributed by atoms with Crippen molar-refractivity contribution in [2.75, 3.05) is 26.8 Å². The molecule has 0 spiro atoms. The van der Waals surface area contributed by atoms with Crippen molar-refractivity contribution in [3.8, 4) is 11.5 Å². The molecule has 0 saturated carbocycles. The zero-order valence-corrected chi connectivity index (χ0v) is 19.8. The molecule has 2 aliphatic rings. The highest BCUT2D eigenvalue weighted by Crippen LogP contribution is 2.51. The summed E-state index contributed by atoms with van der Waals surface area (Å²) in [5, 5.41) is 32.5. The predicted octanol–water partition coefficient (Wildman–Crippen LogP) is 1.17. The van der Waals surface area contributed by atoms with E-state index in [0.717, 1.165) is 12.2 Å². The van der Waals surface area contributed by atoms with Gasteiger partial charge in [0, 0.05) is 17.7 Å². The fourth-order valence-corrected chi connectivity index (χ4v) is 4.46. The lowest BCUT2D eigenvalue weighted by atomic mass is 9.77. The molecule has 198 valence electrons. The van der Waals surface area contributed by atoms with Crippen LogP contribution in [0.15, 0.2) is 35.9 Å². The van der Waals surface area contributed by atoms with Crippen LogP contribution in [-0.4, -0.2) is 83.3 Å². The van der Waals surface area contributed by atoms with Gasteiger partial charge in [-0.15, -0.1) is 0 Å². The van der Waals surface area contributed by atoms with Crippen LogP contribution in [0.25, 0.3) is 0 Å². The molecule has 4 atom stereocenters. The number of rotatable bonds is 9. The number of nitrogens with zero attached hydrogens (tertiary/aromatic N) is 1. The van der Waals surface area contributed by atoms with E-state index in [9.17, 15) is 33.0 Å². The second-order valence-electron chi connectivity index (χ2n) is 8.41. The number of carbonyl (C=O) groups excluding carboxylic acids is 2. The number of aliphatic hydroxyl groups is 3. The third kappa shape index (κ3) is 5.66. The monoisotopic (exact) mass is 514 g/mol. The van der Waals surface area contributed by atoms with Gasteiger partial charge in [0.05, 0.1) is 32.3 Å². The maximum atomic E-state index is 13.5. The van der Waals surface area contributed by atoms with Crippen LogP contribution in [0.3, 0.4) is 0 Å². The van der Waals surface area contributed by atoms with Crippen LogP contribution < -0.4 is 14.8 Å². The summed E-state index contributed by atoms with van der Waals surface area (Å²) >= 11 is 0. The number of hydrogen-bond donors (Lipinski definition) is 4. The Bertz CT molecular complexity index is 1040. The summed E-state index contributed by atoms with van der Waals surface area (Å²) in [6, 6.07) is 1.52. The lowest BCUT2D eigenvalue weighted by Gasteiger charge is -2.40. The van der Waals surface area contributed by atoms with Crippen molar-refractivity contribution in [2.24, 2.45) is 0 Å². The Kier molecular flexibility index (Phi) is 8.64. The summed E-state index contributed by atoms with van der Waals surface area (Å²) in [5.41, 5.74) is 0.783. The minimum Gasteiger partial charge on any atom is -0.493 e. The van der Waals surface area contributed by atoms with Crippen LogP contribution in [0.4, 0.5) is 13.2 Å². The van der Waals surface area contributed by atoms with E-state index in [-0.39, 0.29) is 36.8 Å². The van der Waals surface area contributed by atoms with Gasteiger partial charge in [-0.2, -0.15) is 13.2 Å². The van der Waals surface area contributed by atoms with E-state index >= 15 is 0 Å². The van der Waals surface area contributed by atoms with Crippen molar-refractivity contribution in [3.63, 3.8) is 0 Å². The smallest absolute Gasteiger partial charge is 0.406 e. The molecule has 1 aliphatic heterocycles. The van der Waals surface area contributed by atoms with Gasteiger partial charge in [-0.25, -0.2) is 0 Å². The molecule has 3 rings (SSSR count). The summed E-state index contributed by atoms with van der Waals surface area (Å²) in [7, 11) is 1.36. The lowest BCUT2D eigenvalue weighted by Crippen LogP contribution is -2.57. The second-order valence-corrected chi connectivity index (χ2v) is 8.41. The van der Waals surface area contributed by atoms with Gasteiger partial charge < -0.3 is 35.0 Å². The SMILES string of the molecule is CCC=CC(=O)N(CC(F)(F)F)[C@@H]1C=C(C(=O)NCCO)[C@@H]2c3cc(CO)cc(OC)c3O[C@@H]2[C@H]1O. The number of ether oxygens (including phenoxy) is 2. The van der Waals surface area contributed by atoms with Crippen LogP contribution in [-0.2, 0) is 16.2 Å². The zero-order valence-electron chi connectivity index (χ0n) is 19.8. The molecule has 4 N–H and O–H groups in total. The molecule has 2 amide bonds. The normalized spacial score (nSPS) is 22.9. The van der Waals surface area contributed by atoms with E-state index in [1.807, 2.05) is 0 Å². The summed E-state index contributed by atoms with van der Waals surface area (Å²) < 4.78 is 51.6. The molecule has 36 heavy (non-hydrogen) atoms. The van der Waals surface area contributed by atoms with Crippen molar-refractivity contribution >= 4 is 11.8 Å². The van der Waals surface area contributed by atoms with E-state index < -0.39 is 48.7 Å². The van der Waals surface area contributed by atoms with Gasteiger partial charge in [0.15, 0.2) is 11.5 Å². The first-order valence-electron chi connectivity index (χ1n) is 11.4. The van der Waals surface area contributed by atoms with Gasteiger partial charge in [-0.1, -0.05) is 13.0 Å². The average molecular weight is 514 g/mol. The largest absolute Gasteiger partial charge is 0.493 e. The number of allylic oxidation sites excluding steroid dienone is 1. The average Bonchev–Trinajstić information content (AvgIpc) is 3.23. The molecule has 1 heterocycles. The highest BCUT2D eigenvalue weighted by Gasteiger charge is 2.52. The minimum atomic E-state index is -4.78. The van der Waals surface area contributed by atoms with Crippen LogP contribution in [0.1, 0.15) is 30.4 Å². The van der Waals surface area contributed by atoms with Crippen LogP contribution in [0.2, 0.25) is 0 Å². The number of halogens is 3. The Morgan fingerprint density at radius 2 is 2.00 bits per heavy atom. The first kappa shape index (κ1) is 27.5. The Morgan fingerprint density at radius 1 is 1.28 bits per heavy atom. The number of aliphatic hydroxyl groups excluding tert-OH is 3. The summed E-state index contributed by atoms with van der Waals surface area (Å²) in [4.78, 5) is 26.3. The second kappa shape index (κ2) is 11.3. The Balaban J connectivity index is 2.15. The molecule has 0 radical (unpaired) electrons. The summed E-state index contributed by atoms with van der Waals surface area (Å²) in [6.07, 6.45) is -3.72. The molecule has 1 aromatic carbocycles. The number of nitrogens with one attached hydrogen (secondary N) is 1. The zero-order chi connectivity index (χ0) is 26.6. The fraction of sp³-hybridized carbons (Fsp3) is 0.500. The quantitative estimate of drug-likeness (QED) is 0.364. The number of amides is 2. The Labute approximate surface area is 205 Å². The molecule has 0 fully saturated rings. The predicted molar refractivity (Wildman–Crippen MR) is 121 cm³/mol. The number of hydrogen-bond acceptors (Lipinski definition) is 7. The van der Waals surface area contributed by atoms with E-state index in [4.69, 9.17) is 14.6 Å². The van der Waals surface area contributed by atoms with Crippen molar-refractivity contribution in [1.29, 1.82) is 0 Å². The lowest BCUT2D eigenvalue weighted by molar-refractivity contribution is -0.167. The molecular weight excluding hydrogens is 485 g/mol. The molecule has 0 saturated heterocycles. The molecule has 12 heteroatoms. The van der Waals surface area contributed by atoms with Gasteiger partial charge in [0.1, 0.15) is 18.8 Å². The molecule has 9 nitrogen and oxygen atoms in total. The van der Waals surface area contributed by atoms with Crippen LogP contribution in [0, 0.1) is 0 Å². The first-order chi connectivity index (χ1) is 17.1. The number of alkyl halides is 3. The van der Waals surface area contributed by atoms with E-state index in [2.05, 4.69) is 5.32 Å². The van der Waals surface area contributed by atoms with Crippen molar-refractivity contribution in [1.82, 2.24) is 10.2 Å². The van der Waals surface area contributed by atoms with Crippen LogP contribution >= 0.6 is 0 Å². The van der Waals surface area contributed by atoms with Gasteiger partial charge in [-0.3, -0.25) is 9.59 Å². The van der Waals surface area contributed by atoms with Gasteiger partial charge in [0.2, 0.25) is 11.8 Å². The molecular formula is C24H29F3N2O7. The number of fused-ring (bicyclic) bond motifs is 3. The van der Waals surface area contributed by atoms with E-state index in [0.29, 0.717) is 22.4 Å². The van der Waals surface area contributed by atoms with Crippen molar-refractivity contribution in [3.05, 3.63) is 47.1 Å². The Morgan fingerprint density at radius 3 is 2.58 bits per heavy atom. The van der Waals surface area contributed by atoms with E-state index in [1.54, 1.807) is 13.0 Å². The fourth-order valence-electron chi connectivity index (χ4n) is 4.46. The maximum absolute atomic E-state index is 13.5. The van der Waals surface area contributed by atoms with Crippen LogP contribution in [0.5, 0.6) is 11.5 Å². The molecule has 0 aromatic heterocycles. The third-order valence-electron chi connectivity index (χ3n) is 5.98. The summed E-state index contributed by atoms with van der Waals surface area (Å²) in [5.74, 6) is -2.24. The highest BCUT2D eigenvalue weighted by atomic mass is 19.4. The topological polar surface area (TPSA) is 129 Å². The number of benzene rings is 1. The summed E-state index contributed by atoms with van der Waals surface area (Å²) in [6.45, 7) is -0.821. The molecule has 1 aromatic rings. The number of carbonyl (C=O) groups is 2. The van der Waals surface area contributed by atoms with Crippen molar-refractivity contribution < 1.29 is 47.6 Å². The van der Waals surface area contributed by atoms with Gasteiger partial charge in [-0.05, 0) is 36.3 Å². The standard InChI is InChI=1S/C24H29F3N2O7/c1-3-4-5-18(32)29(12-24(25,26)27)16-10-15(23(34)28-6-7-30)19-14-8-13(11-31)9-17(35-2)21(14)36-22(19)20(16)33/h4-5,8-10,16,19-20,22,30-31,33H,3,6-7,11-12H2,1-2H3,(H,28,34)/t16-,19+,20+,22+/m1/s1. The van der Waals surface area contributed by atoms with E-state index in [1.165, 1.54) is 19.3 Å². The number of methoxy groups -OCH3 is 1. The van der Waals surface area contributed by atoms with Gasteiger partial charge in [0.25, 0.3) is 0 Å². The van der Waals surface area contributed by atoms with Gasteiger partial charge >= 0.3 is 6.18 Å². The van der Waals surface area contributed by atoms with Crippen molar-refractivity contribution in [2.45, 2.75) is 50.3 Å². The Hall–Kier alpha value is -3.09. The highest BCUT2D eigenvalue weighted by molar-refractivity contribution is 5.96. The first-order valence-corrected chi connectivity index (χ1v) is 11.4. The molecule has 0 unspecified atom stereocenters. The molecule has 0 bridgehead atoms. The maximum Gasteiger partial charge on any atom is 0.406 e. The third-order valence-corrected chi connectivity index (χ3v) is 5.98.